The minimum absolute atomic E-state index is 0.425. The number of aromatic nitrogens is 2. The van der Waals surface area contributed by atoms with Crippen molar-refractivity contribution in [1.82, 2.24) is 14.9 Å². The van der Waals surface area contributed by atoms with Crippen molar-refractivity contribution in [2.24, 2.45) is 0 Å². The maximum atomic E-state index is 5.80. The first-order valence-corrected chi connectivity index (χ1v) is 7.77. The lowest BCUT2D eigenvalue weighted by Gasteiger charge is -2.15. The number of hydrogen-bond donors (Lipinski definition) is 1. The van der Waals surface area contributed by atoms with Crippen LogP contribution in [0, 0.1) is 6.92 Å². The Hall–Kier alpha value is -1.81. The Kier molecular flexibility index (Phi) is 3.19. The summed E-state index contributed by atoms with van der Waals surface area (Å²) in [6.07, 6.45) is 4.64. The molecule has 1 atom stereocenters. The van der Waals surface area contributed by atoms with Gasteiger partial charge in [0, 0.05) is 36.8 Å². The molecule has 1 aliphatic carbocycles. The number of fused-ring (bicyclic) bond motifs is 1. The third kappa shape index (κ3) is 2.56. The van der Waals surface area contributed by atoms with Crippen LogP contribution in [-0.4, -0.2) is 22.2 Å². The molecule has 1 unspecified atom stereocenters. The minimum atomic E-state index is 0.425. The maximum absolute atomic E-state index is 5.80. The van der Waals surface area contributed by atoms with Crippen molar-refractivity contribution < 1.29 is 4.74 Å². The summed E-state index contributed by atoms with van der Waals surface area (Å²) in [6.45, 7) is 4.72. The lowest BCUT2D eigenvalue weighted by Crippen LogP contribution is -2.20. The minimum Gasteiger partial charge on any atom is -0.493 e. The molecule has 4 rings (SSSR count). The number of rotatable bonds is 5. The fourth-order valence-corrected chi connectivity index (χ4v) is 3.04. The molecule has 0 amide bonds. The molecule has 0 radical (unpaired) electrons. The smallest absolute Gasteiger partial charge is 0.122 e. The number of para-hydroxylation sites is 1. The van der Waals surface area contributed by atoms with Crippen LogP contribution in [-0.2, 0) is 13.1 Å². The Morgan fingerprint density at radius 2 is 2.19 bits per heavy atom. The molecule has 4 heteroatoms. The van der Waals surface area contributed by atoms with Crippen molar-refractivity contribution in [3.63, 3.8) is 0 Å². The van der Waals surface area contributed by atoms with E-state index in [4.69, 9.17) is 4.74 Å². The SMILES string of the molecule is Cc1ncc(CNC2CC2)n1CC1COc2ccccc21. The van der Waals surface area contributed by atoms with Gasteiger partial charge < -0.3 is 14.6 Å². The van der Waals surface area contributed by atoms with Gasteiger partial charge in [-0.1, -0.05) is 18.2 Å². The molecular formula is C17H21N3O. The molecule has 1 aliphatic heterocycles. The summed E-state index contributed by atoms with van der Waals surface area (Å²) in [7, 11) is 0. The number of imidazole rings is 1. The average Bonchev–Trinajstić information content (AvgIpc) is 3.16. The maximum Gasteiger partial charge on any atom is 0.122 e. The van der Waals surface area contributed by atoms with Gasteiger partial charge in [-0.15, -0.1) is 0 Å². The van der Waals surface area contributed by atoms with E-state index in [-0.39, 0.29) is 0 Å². The van der Waals surface area contributed by atoms with Gasteiger partial charge in [0.25, 0.3) is 0 Å². The normalized spacial score (nSPS) is 20.3. The van der Waals surface area contributed by atoms with Crippen molar-refractivity contribution in [1.29, 1.82) is 0 Å². The van der Waals surface area contributed by atoms with Crippen LogP contribution >= 0.6 is 0 Å². The first-order chi connectivity index (χ1) is 10.3. The second kappa shape index (κ2) is 5.19. The summed E-state index contributed by atoms with van der Waals surface area (Å²) in [5, 5.41) is 3.58. The predicted octanol–water partition coefficient (Wildman–Crippen LogP) is 2.62. The Morgan fingerprint density at radius 3 is 3.05 bits per heavy atom. The van der Waals surface area contributed by atoms with Gasteiger partial charge in [-0.05, 0) is 25.8 Å². The summed E-state index contributed by atoms with van der Waals surface area (Å²) in [5.74, 6) is 2.55. The van der Waals surface area contributed by atoms with Crippen LogP contribution in [0.15, 0.2) is 30.5 Å². The van der Waals surface area contributed by atoms with Crippen molar-refractivity contribution in [2.75, 3.05) is 6.61 Å². The van der Waals surface area contributed by atoms with Crippen molar-refractivity contribution in [3.05, 3.63) is 47.5 Å². The third-order valence-electron chi connectivity index (χ3n) is 4.49. The fourth-order valence-electron chi connectivity index (χ4n) is 3.04. The molecule has 2 heterocycles. The standard InChI is InChI=1S/C17H21N3O/c1-12-18-8-15(9-19-14-6-7-14)20(12)10-13-11-21-17-5-3-2-4-16(13)17/h2-5,8,13-14,19H,6-7,9-11H2,1H3. The average molecular weight is 283 g/mol. The van der Waals surface area contributed by atoms with Crippen LogP contribution in [0.4, 0.5) is 0 Å². The van der Waals surface area contributed by atoms with Gasteiger partial charge in [0.2, 0.25) is 0 Å². The summed E-state index contributed by atoms with van der Waals surface area (Å²) in [6, 6.07) is 9.10. The van der Waals surface area contributed by atoms with E-state index in [1.807, 2.05) is 12.3 Å². The van der Waals surface area contributed by atoms with Crippen LogP contribution in [0.2, 0.25) is 0 Å². The molecule has 2 aromatic rings. The van der Waals surface area contributed by atoms with E-state index in [1.54, 1.807) is 0 Å². The highest BCUT2D eigenvalue weighted by Crippen LogP contribution is 2.34. The van der Waals surface area contributed by atoms with Gasteiger partial charge in [0.1, 0.15) is 11.6 Å². The van der Waals surface area contributed by atoms with E-state index in [9.17, 15) is 0 Å². The zero-order valence-electron chi connectivity index (χ0n) is 12.4. The molecule has 1 saturated carbocycles. The number of aryl methyl sites for hydroxylation is 1. The van der Waals surface area contributed by atoms with Gasteiger partial charge in [-0.25, -0.2) is 4.98 Å². The molecular weight excluding hydrogens is 262 g/mol. The van der Waals surface area contributed by atoms with Crippen LogP contribution in [0.1, 0.15) is 35.8 Å². The van der Waals surface area contributed by atoms with Crippen LogP contribution in [0.5, 0.6) is 5.75 Å². The lowest BCUT2D eigenvalue weighted by molar-refractivity contribution is 0.317. The second-order valence-corrected chi connectivity index (χ2v) is 6.11. The molecule has 2 aliphatic rings. The van der Waals surface area contributed by atoms with E-state index in [2.05, 4.69) is 40.0 Å². The number of ether oxygens (including phenoxy) is 1. The molecule has 0 bridgehead atoms. The molecule has 1 N–H and O–H groups in total. The first-order valence-electron chi connectivity index (χ1n) is 7.77. The highest BCUT2D eigenvalue weighted by Gasteiger charge is 2.26. The van der Waals surface area contributed by atoms with Crippen LogP contribution < -0.4 is 10.1 Å². The third-order valence-corrected chi connectivity index (χ3v) is 4.49. The van der Waals surface area contributed by atoms with Gasteiger partial charge >= 0.3 is 0 Å². The number of nitrogens with zero attached hydrogens (tertiary/aromatic N) is 2. The van der Waals surface area contributed by atoms with Crippen molar-refractivity contribution in [2.45, 2.75) is 44.8 Å². The summed E-state index contributed by atoms with van der Waals surface area (Å²) in [5.41, 5.74) is 2.61. The Balaban J connectivity index is 1.53. The highest BCUT2D eigenvalue weighted by atomic mass is 16.5. The topological polar surface area (TPSA) is 39.1 Å². The molecule has 110 valence electrons. The molecule has 4 nitrogen and oxygen atoms in total. The number of hydrogen-bond acceptors (Lipinski definition) is 3. The monoisotopic (exact) mass is 283 g/mol. The first kappa shape index (κ1) is 12.9. The number of benzene rings is 1. The van der Waals surface area contributed by atoms with Crippen molar-refractivity contribution in [3.8, 4) is 5.75 Å². The lowest BCUT2D eigenvalue weighted by atomic mass is 10.0. The molecule has 1 fully saturated rings. The molecule has 0 saturated heterocycles. The fraction of sp³-hybridized carbons (Fsp3) is 0.471. The molecule has 1 aromatic heterocycles. The second-order valence-electron chi connectivity index (χ2n) is 6.11. The highest BCUT2D eigenvalue weighted by molar-refractivity contribution is 5.39. The summed E-state index contributed by atoms with van der Waals surface area (Å²) >= 11 is 0. The molecule has 0 spiro atoms. The van der Waals surface area contributed by atoms with Crippen LogP contribution in [0.25, 0.3) is 0 Å². The predicted molar refractivity (Wildman–Crippen MR) is 81.5 cm³/mol. The van der Waals surface area contributed by atoms with Crippen molar-refractivity contribution >= 4 is 0 Å². The summed E-state index contributed by atoms with van der Waals surface area (Å²) in [4.78, 5) is 4.50. The largest absolute Gasteiger partial charge is 0.493 e. The van der Waals surface area contributed by atoms with E-state index in [1.165, 1.54) is 24.1 Å². The van der Waals surface area contributed by atoms with Gasteiger partial charge in [-0.2, -0.15) is 0 Å². The van der Waals surface area contributed by atoms with E-state index in [0.29, 0.717) is 5.92 Å². The Bertz CT molecular complexity index is 645. The quantitative estimate of drug-likeness (QED) is 0.917. The summed E-state index contributed by atoms with van der Waals surface area (Å²) < 4.78 is 8.14. The Labute approximate surface area is 125 Å². The number of nitrogens with one attached hydrogen (secondary N) is 1. The van der Waals surface area contributed by atoms with Crippen LogP contribution in [0.3, 0.4) is 0 Å². The molecule has 1 aromatic carbocycles. The van der Waals surface area contributed by atoms with E-state index in [0.717, 1.165) is 37.3 Å². The van der Waals surface area contributed by atoms with E-state index >= 15 is 0 Å². The zero-order chi connectivity index (χ0) is 14.2. The van der Waals surface area contributed by atoms with Gasteiger partial charge in [0.05, 0.1) is 12.3 Å². The Morgan fingerprint density at radius 1 is 1.33 bits per heavy atom. The van der Waals surface area contributed by atoms with E-state index < -0.39 is 0 Å². The molecule has 21 heavy (non-hydrogen) atoms. The van der Waals surface area contributed by atoms with Gasteiger partial charge in [-0.3, -0.25) is 0 Å². The van der Waals surface area contributed by atoms with Gasteiger partial charge in [0.15, 0.2) is 0 Å². The zero-order valence-corrected chi connectivity index (χ0v) is 12.4.